The van der Waals surface area contributed by atoms with Crippen molar-refractivity contribution in [2.45, 2.75) is 65.7 Å². The van der Waals surface area contributed by atoms with Crippen molar-refractivity contribution in [1.82, 2.24) is 5.32 Å². The fourth-order valence-corrected chi connectivity index (χ4v) is 2.71. The number of hydrogen-bond acceptors (Lipinski definition) is 7. The molecular formula is C17H27NO7. The second-order valence-corrected chi connectivity index (χ2v) is 7.95. The fourth-order valence-electron chi connectivity index (χ4n) is 2.71. The Hall–Kier alpha value is -2.12. The van der Waals surface area contributed by atoms with Crippen LogP contribution in [-0.4, -0.2) is 48.2 Å². The quantitative estimate of drug-likeness (QED) is 0.601. The molecule has 0 aliphatic carbocycles. The number of ether oxygens (including phenoxy) is 3. The van der Waals surface area contributed by atoms with Crippen LogP contribution in [-0.2, 0) is 28.6 Å². The monoisotopic (exact) mass is 357 g/mol. The van der Waals surface area contributed by atoms with E-state index in [1.807, 2.05) is 0 Å². The molecule has 1 N–H and O–H groups in total. The number of nitrogens with one attached hydrogen (secondary N) is 1. The van der Waals surface area contributed by atoms with E-state index in [9.17, 15) is 19.2 Å². The summed E-state index contributed by atoms with van der Waals surface area (Å²) in [4.78, 5) is 49.8. The van der Waals surface area contributed by atoms with E-state index in [-0.39, 0.29) is 0 Å². The highest BCUT2D eigenvalue weighted by atomic mass is 16.7. The van der Waals surface area contributed by atoms with Gasteiger partial charge in [0.15, 0.2) is 5.78 Å². The molecule has 0 spiro atoms. The number of esters is 1. The van der Waals surface area contributed by atoms with Gasteiger partial charge in [-0.05, 0) is 40.5 Å². The SMILES string of the molecule is COC(=O)[C@@]1([C@@H](OC(=O)OC(C)(C)C)C(C)C)NC(=O)C(C)(C)C1=O. The molecule has 1 saturated heterocycles. The van der Waals surface area contributed by atoms with Crippen LogP contribution >= 0.6 is 0 Å². The molecular weight excluding hydrogens is 330 g/mol. The van der Waals surface area contributed by atoms with Gasteiger partial charge >= 0.3 is 12.1 Å². The van der Waals surface area contributed by atoms with E-state index in [1.165, 1.54) is 13.8 Å². The highest BCUT2D eigenvalue weighted by molar-refractivity contribution is 6.25. The number of methoxy groups -OCH3 is 1. The van der Waals surface area contributed by atoms with E-state index in [2.05, 4.69) is 5.32 Å². The van der Waals surface area contributed by atoms with Crippen molar-refractivity contribution >= 4 is 23.8 Å². The first-order chi connectivity index (χ1) is 11.2. The minimum Gasteiger partial charge on any atom is -0.467 e. The van der Waals surface area contributed by atoms with Crippen molar-refractivity contribution in [2.24, 2.45) is 11.3 Å². The average Bonchev–Trinajstić information content (AvgIpc) is 2.63. The molecule has 142 valence electrons. The number of hydrogen-bond donors (Lipinski definition) is 1. The summed E-state index contributed by atoms with van der Waals surface area (Å²) in [5.41, 5.74) is -4.39. The summed E-state index contributed by atoms with van der Waals surface area (Å²) >= 11 is 0. The van der Waals surface area contributed by atoms with Gasteiger partial charge < -0.3 is 19.5 Å². The molecule has 25 heavy (non-hydrogen) atoms. The number of carbonyl (C=O) groups excluding carboxylic acids is 4. The average molecular weight is 357 g/mol. The van der Waals surface area contributed by atoms with Crippen LogP contribution in [0.15, 0.2) is 0 Å². The number of Topliss-reactive ketones (excluding diaryl/α,β-unsaturated/α-hetero) is 1. The van der Waals surface area contributed by atoms with Crippen LogP contribution in [0.3, 0.4) is 0 Å². The fraction of sp³-hybridized carbons (Fsp3) is 0.765. The van der Waals surface area contributed by atoms with Crippen LogP contribution in [0.4, 0.5) is 4.79 Å². The van der Waals surface area contributed by atoms with E-state index in [1.54, 1.807) is 34.6 Å². The summed E-state index contributed by atoms with van der Waals surface area (Å²) in [7, 11) is 1.10. The third-order valence-electron chi connectivity index (χ3n) is 3.96. The lowest BCUT2D eigenvalue weighted by atomic mass is 9.76. The van der Waals surface area contributed by atoms with Crippen LogP contribution in [0.2, 0.25) is 0 Å². The number of carbonyl (C=O) groups is 4. The van der Waals surface area contributed by atoms with Crippen LogP contribution in [0.25, 0.3) is 0 Å². The van der Waals surface area contributed by atoms with Gasteiger partial charge in [0.05, 0.1) is 7.11 Å². The van der Waals surface area contributed by atoms with Crippen molar-refractivity contribution in [3.63, 3.8) is 0 Å². The summed E-state index contributed by atoms with van der Waals surface area (Å²) in [6.45, 7) is 11.1. The van der Waals surface area contributed by atoms with E-state index < -0.39 is 52.4 Å². The third-order valence-corrected chi connectivity index (χ3v) is 3.96. The maximum absolute atomic E-state index is 13.0. The number of amides is 1. The molecule has 1 aliphatic heterocycles. The Morgan fingerprint density at radius 2 is 1.64 bits per heavy atom. The van der Waals surface area contributed by atoms with E-state index in [0.717, 1.165) is 7.11 Å². The lowest BCUT2D eigenvalue weighted by Gasteiger charge is -2.35. The molecule has 1 rings (SSSR count). The Labute approximate surface area is 147 Å². The second-order valence-electron chi connectivity index (χ2n) is 7.95. The predicted octanol–water partition coefficient (Wildman–Crippen LogP) is 1.60. The van der Waals surface area contributed by atoms with E-state index >= 15 is 0 Å². The highest BCUT2D eigenvalue weighted by Gasteiger charge is 2.68. The molecule has 0 unspecified atom stereocenters. The largest absolute Gasteiger partial charge is 0.509 e. The Morgan fingerprint density at radius 1 is 1.12 bits per heavy atom. The van der Waals surface area contributed by atoms with Crippen molar-refractivity contribution in [2.75, 3.05) is 7.11 Å². The zero-order valence-corrected chi connectivity index (χ0v) is 16.0. The van der Waals surface area contributed by atoms with Gasteiger partial charge in [-0.15, -0.1) is 0 Å². The van der Waals surface area contributed by atoms with Gasteiger partial charge in [-0.2, -0.15) is 0 Å². The molecule has 1 heterocycles. The summed E-state index contributed by atoms with van der Waals surface area (Å²) < 4.78 is 15.2. The molecule has 1 fully saturated rings. The van der Waals surface area contributed by atoms with Crippen LogP contribution < -0.4 is 5.32 Å². The Bertz CT molecular complexity index is 588. The molecule has 0 aromatic rings. The minimum atomic E-state index is -2.11. The summed E-state index contributed by atoms with van der Waals surface area (Å²) in [5, 5.41) is 2.41. The Kier molecular flexibility index (Phi) is 5.56. The lowest BCUT2D eigenvalue weighted by Crippen LogP contribution is -2.65. The first-order valence-electron chi connectivity index (χ1n) is 8.05. The molecule has 1 aliphatic rings. The zero-order valence-electron chi connectivity index (χ0n) is 16.0. The smallest absolute Gasteiger partial charge is 0.467 e. The molecule has 0 radical (unpaired) electrons. The number of rotatable bonds is 4. The summed E-state index contributed by atoms with van der Waals surface area (Å²) in [6.07, 6.45) is -2.32. The van der Waals surface area contributed by atoms with Crippen molar-refractivity contribution in [1.29, 1.82) is 0 Å². The molecule has 0 saturated carbocycles. The molecule has 0 aromatic heterocycles. The van der Waals surface area contributed by atoms with Gasteiger partial charge in [-0.25, -0.2) is 9.59 Å². The van der Waals surface area contributed by atoms with Crippen molar-refractivity contribution in [3.8, 4) is 0 Å². The van der Waals surface area contributed by atoms with Gasteiger partial charge in [-0.1, -0.05) is 13.8 Å². The molecule has 0 aromatic carbocycles. The van der Waals surface area contributed by atoms with Crippen molar-refractivity contribution in [3.05, 3.63) is 0 Å². The molecule has 0 bridgehead atoms. The Morgan fingerprint density at radius 3 is 1.96 bits per heavy atom. The van der Waals surface area contributed by atoms with Gasteiger partial charge in [0, 0.05) is 0 Å². The first kappa shape index (κ1) is 20.9. The predicted molar refractivity (Wildman–Crippen MR) is 87.6 cm³/mol. The minimum absolute atomic E-state index is 0.482. The molecule has 1 amide bonds. The second kappa shape index (κ2) is 6.65. The van der Waals surface area contributed by atoms with E-state index in [4.69, 9.17) is 14.2 Å². The molecule has 2 atom stereocenters. The molecule has 8 heteroatoms. The Balaban J connectivity index is 3.36. The third kappa shape index (κ3) is 3.77. The van der Waals surface area contributed by atoms with Gasteiger partial charge in [0.25, 0.3) is 0 Å². The number of ketones is 1. The molecule has 8 nitrogen and oxygen atoms in total. The summed E-state index contributed by atoms with van der Waals surface area (Å²) in [5.74, 6) is -2.82. The lowest BCUT2D eigenvalue weighted by molar-refractivity contribution is -0.162. The van der Waals surface area contributed by atoms with Crippen LogP contribution in [0, 0.1) is 11.3 Å². The summed E-state index contributed by atoms with van der Waals surface area (Å²) in [6, 6.07) is 0. The maximum Gasteiger partial charge on any atom is 0.509 e. The zero-order chi connectivity index (χ0) is 19.8. The first-order valence-corrected chi connectivity index (χ1v) is 8.05. The highest BCUT2D eigenvalue weighted by Crippen LogP contribution is 2.38. The van der Waals surface area contributed by atoms with E-state index in [0.29, 0.717) is 0 Å². The standard InChI is InChI=1S/C17H27NO7/c1-9(2)10(24-14(22)25-15(3,4)5)17(13(21)23-8)11(19)16(6,7)12(20)18-17/h9-10H,1-8H3,(H,18,20)/t10-,17-/m0/s1. The van der Waals surface area contributed by atoms with Crippen molar-refractivity contribution < 1.29 is 33.4 Å². The van der Waals surface area contributed by atoms with Crippen LogP contribution in [0.1, 0.15) is 48.5 Å². The van der Waals surface area contributed by atoms with Gasteiger partial charge in [0.2, 0.25) is 11.4 Å². The van der Waals surface area contributed by atoms with Gasteiger partial charge in [0.1, 0.15) is 17.1 Å². The maximum atomic E-state index is 13.0. The topological polar surface area (TPSA) is 108 Å². The van der Waals surface area contributed by atoms with Gasteiger partial charge in [-0.3, -0.25) is 9.59 Å². The normalized spacial score (nSPS) is 23.9. The van der Waals surface area contributed by atoms with Crippen LogP contribution in [0.5, 0.6) is 0 Å².